The predicted octanol–water partition coefficient (Wildman–Crippen LogP) is 4.19. The average Bonchev–Trinajstić information content (AvgIpc) is 2.71. The lowest BCUT2D eigenvalue weighted by molar-refractivity contribution is 0.472. The molecule has 0 spiro atoms. The summed E-state index contributed by atoms with van der Waals surface area (Å²) < 4.78 is 3.48. The molecule has 1 aliphatic carbocycles. The summed E-state index contributed by atoms with van der Waals surface area (Å²) in [6.07, 6.45) is 1.19. The molecule has 0 N–H and O–H groups in total. The Balaban J connectivity index is 2.46. The standard InChI is InChI=1S/C14H17BrN2/c1-8-7-14(3,4)13-12(8)16-11-6-5-10(15)9(2)17(11)13/h5-6,8H,7H2,1-4H3. The Morgan fingerprint density at radius 2 is 2.12 bits per heavy atom. The van der Waals surface area contributed by atoms with Crippen LogP contribution in [0.1, 0.15) is 50.2 Å². The zero-order valence-corrected chi connectivity index (χ0v) is 12.3. The van der Waals surface area contributed by atoms with Gasteiger partial charge in [-0.05, 0) is 41.4 Å². The normalized spacial score (nSPS) is 22.1. The van der Waals surface area contributed by atoms with E-state index in [1.54, 1.807) is 0 Å². The smallest absolute Gasteiger partial charge is 0.137 e. The molecule has 1 aliphatic rings. The van der Waals surface area contributed by atoms with Crippen molar-refractivity contribution < 1.29 is 0 Å². The Kier molecular flexibility index (Phi) is 2.22. The maximum absolute atomic E-state index is 4.81. The van der Waals surface area contributed by atoms with Crippen LogP contribution in [0, 0.1) is 6.92 Å². The molecule has 2 aromatic heterocycles. The second-order valence-electron chi connectivity index (χ2n) is 5.79. The summed E-state index contributed by atoms with van der Waals surface area (Å²) in [4.78, 5) is 4.81. The molecule has 0 aromatic carbocycles. The van der Waals surface area contributed by atoms with Gasteiger partial charge < -0.3 is 0 Å². The molecule has 3 heteroatoms. The van der Waals surface area contributed by atoms with Gasteiger partial charge in [0.2, 0.25) is 0 Å². The van der Waals surface area contributed by atoms with Crippen LogP contribution in [-0.2, 0) is 5.41 Å². The van der Waals surface area contributed by atoms with E-state index in [0.717, 1.165) is 10.1 Å². The molecule has 0 aliphatic heterocycles. The zero-order chi connectivity index (χ0) is 12.4. The minimum absolute atomic E-state index is 0.222. The van der Waals surface area contributed by atoms with Gasteiger partial charge in [-0.3, -0.25) is 4.40 Å². The fourth-order valence-electron chi connectivity index (χ4n) is 3.23. The number of fused-ring (bicyclic) bond motifs is 3. The third kappa shape index (κ3) is 1.41. The van der Waals surface area contributed by atoms with E-state index in [1.807, 2.05) is 0 Å². The Morgan fingerprint density at radius 3 is 2.82 bits per heavy atom. The first-order valence-electron chi connectivity index (χ1n) is 6.10. The minimum Gasteiger partial charge on any atom is -0.299 e. The van der Waals surface area contributed by atoms with Gasteiger partial charge in [0.05, 0.1) is 11.4 Å². The second-order valence-corrected chi connectivity index (χ2v) is 6.65. The number of nitrogens with zero attached hydrogens (tertiary/aromatic N) is 2. The van der Waals surface area contributed by atoms with Gasteiger partial charge in [-0.15, -0.1) is 0 Å². The molecule has 0 saturated heterocycles. The monoisotopic (exact) mass is 292 g/mol. The van der Waals surface area contributed by atoms with Gasteiger partial charge in [0.1, 0.15) is 5.65 Å². The quantitative estimate of drug-likeness (QED) is 0.712. The van der Waals surface area contributed by atoms with Crippen LogP contribution in [0.4, 0.5) is 0 Å². The largest absolute Gasteiger partial charge is 0.299 e. The highest BCUT2D eigenvalue weighted by molar-refractivity contribution is 9.10. The summed E-state index contributed by atoms with van der Waals surface area (Å²) in [6.45, 7) is 9.08. The molecule has 0 radical (unpaired) electrons. The van der Waals surface area contributed by atoms with Crippen molar-refractivity contribution in [1.82, 2.24) is 9.38 Å². The molecule has 1 atom stereocenters. The lowest BCUT2D eigenvalue weighted by Crippen LogP contribution is -2.16. The van der Waals surface area contributed by atoms with Gasteiger partial charge in [-0.2, -0.15) is 0 Å². The zero-order valence-electron chi connectivity index (χ0n) is 10.7. The van der Waals surface area contributed by atoms with Gasteiger partial charge in [-0.25, -0.2) is 4.98 Å². The highest BCUT2D eigenvalue weighted by atomic mass is 79.9. The number of hydrogen-bond donors (Lipinski definition) is 0. The number of aromatic nitrogens is 2. The molecule has 3 rings (SSSR count). The maximum Gasteiger partial charge on any atom is 0.137 e. The Bertz CT molecular complexity index is 610. The number of rotatable bonds is 0. The lowest BCUT2D eigenvalue weighted by atomic mass is 9.89. The van der Waals surface area contributed by atoms with E-state index in [1.165, 1.54) is 23.5 Å². The van der Waals surface area contributed by atoms with Gasteiger partial charge in [-0.1, -0.05) is 20.8 Å². The Labute approximate surface area is 110 Å². The molecule has 2 aromatic rings. The van der Waals surface area contributed by atoms with E-state index in [0.29, 0.717) is 5.92 Å². The molecule has 0 amide bonds. The average molecular weight is 293 g/mol. The van der Waals surface area contributed by atoms with Crippen molar-refractivity contribution in [2.24, 2.45) is 0 Å². The van der Waals surface area contributed by atoms with Crippen molar-refractivity contribution in [3.8, 4) is 0 Å². The van der Waals surface area contributed by atoms with E-state index in [-0.39, 0.29) is 5.41 Å². The minimum atomic E-state index is 0.222. The molecule has 0 fully saturated rings. The van der Waals surface area contributed by atoms with Crippen molar-refractivity contribution >= 4 is 21.6 Å². The predicted molar refractivity (Wildman–Crippen MR) is 73.7 cm³/mol. The van der Waals surface area contributed by atoms with Crippen LogP contribution in [0.25, 0.3) is 5.65 Å². The first kappa shape index (κ1) is 11.3. The molecule has 2 heterocycles. The number of aryl methyl sites for hydroxylation is 1. The highest BCUT2D eigenvalue weighted by Gasteiger charge is 2.39. The Hall–Kier alpha value is -0.830. The van der Waals surface area contributed by atoms with Crippen molar-refractivity contribution in [3.05, 3.63) is 33.7 Å². The molecule has 0 saturated carbocycles. The highest BCUT2D eigenvalue weighted by Crippen LogP contribution is 2.46. The topological polar surface area (TPSA) is 17.3 Å². The SMILES string of the molecule is Cc1c(Br)ccc2nc3c(n12)C(C)(C)CC3C. The summed E-state index contributed by atoms with van der Waals surface area (Å²) in [7, 11) is 0. The maximum atomic E-state index is 4.81. The molecule has 17 heavy (non-hydrogen) atoms. The van der Waals surface area contributed by atoms with Crippen LogP contribution < -0.4 is 0 Å². The first-order chi connectivity index (χ1) is 7.92. The third-order valence-corrected chi connectivity index (χ3v) is 4.75. The fourth-order valence-corrected chi connectivity index (χ4v) is 3.54. The first-order valence-corrected chi connectivity index (χ1v) is 6.89. The van der Waals surface area contributed by atoms with Crippen LogP contribution in [0.15, 0.2) is 16.6 Å². The summed E-state index contributed by atoms with van der Waals surface area (Å²) in [5.74, 6) is 0.568. The van der Waals surface area contributed by atoms with Crippen LogP contribution in [0.3, 0.4) is 0 Å². The number of halogens is 1. The molecule has 2 nitrogen and oxygen atoms in total. The Morgan fingerprint density at radius 1 is 1.41 bits per heavy atom. The van der Waals surface area contributed by atoms with Gasteiger partial charge in [0.25, 0.3) is 0 Å². The summed E-state index contributed by atoms with van der Waals surface area (Å²) in [5.41, 5.74) is 5.24. The summed E-state index contributed by atoms with van der Waals surface area (Å²) >= 11 is 3.61. The van der Waals surface area contributed by atoms with E-state index < -0.39 is 0 Å². The summed E-state index contributed by atoms with van der Waals surface area (Å²) in [6, 6.07) is 4.18. The molecular formula is C14H17BrN2. The molecular weight excluding hydrogens is 276 g/mol. The number of imidazole rings is 1. The van der Waals surface area contributed by atoms with Crippen molar-refractivity contribution in [1.29, 1.82) is 0 Å². The van der Waals surface area contributed by atoms with Crippen molar-refractivity contribution in [3.63, 3.8) is 0 Å². The van der Waals surface area contributed by atoms with E-state index in [2.05, 4.69) is 60.2 Å². The molecule has 0 bridgehead atoms. The molecule has 90 valence electrons. The van der Waals surface area contributed by atoms with E-state index >= 15 is 0 Å². The van der Waals surface area contributed by atoms with E-state index in [9.17, 15) is 0 Å². The molecule has 1 unspecified atom stereocenters. The van der Waals surface area contributed by atoms with Crippen LogP contribution in [-0.4, -0.2) is 9.38 Å². The third-order valence-electron chi connectivity index (χ3n) is 3.91. The second kappa shape index (κ2) is 3.35. The van der Waals surface area contributed by atoms with Gasteiger partial charge in [0, 0.05) is 21.5 Å². The van der Waals surface area contributed by atoms with Crippen LogP contribution in [0.2, 0.25) is 0 Å². The van der Waals surface area contributed by atoms with Gasteiger partial charge in [0.15, 0.2) is 0 Å². The number of hydrogen-bond acceptors (Lipinski definition) is 1. The van der Waals surface area contributed by atoms with Crippen LogP contribution in [0.5, 0.6) is 0 Å². The van der Waals surface area contributed by atoms with Crippen molar-refractivity contribution in [2.75, 3.05) is 0 Å². The summed E-state index contributed by atoms with van der Waals surface area (Å²) in [5, 5.41) is 0. The fraction of sp³-hybridized carbons (Fsp3) is 0.500. The van der Waals surface area contributed by atoms with E-state index in [4.69, 9.17) is 4.98 Å². The van der Waals surface area contributed by atoms with Crippen molar-refractivity contribution in [2.45, 2.75) is 45.4 Å². The van der Waals surface area contributed by atoms with Gasteiger partial charge >= 0.3 is 0 Å². The lowest BCUT2D eigenvalue weighted by Gasteiger charge is -2.20. The van der Waals surface area contributed by atoms with Crippen LogP contribution >= 0.6 is 15.9 Å². The number of pyridine rings is 1.